The number of likely N-dealkylation sites (tertiary alicyclic amines) is 2. The number of hydrogen-bond acceptors (Lipinski definition) is 6. The van der Waals surface area contributed by atoms with Gasteiger partial charge in [-0.2, -0.15) is 0 Å². The Labute approximate surface area is 367 Å². The summed E-state index contributed by atoms with van der Waals surface area (Å²) in [4.78, 5) is 71.0. The minimum Gasteiger partial charge on any atom is -0.389 e. The predicted octanol–water partition coefficient (Wildman–Crippen LogP) is 7.11. The van der Waals surface area contributed by atoms with Gasteiger partial charge in [0.15, 0.2) is 0 Å². The first-order valence-electron chi connectivity index (χ1n) is 23.6. The van der Waals surface area contributed by atoms with E-state index in [2.05, 4.69) is 47.1 Å². The van der Waals surface area contributed by atoms with Gasteiger partial charge in [0.05, 0.1) is 24.0 Å². The molecule has 4 fully saturated rings. The van der Waals surface area contributed by atoms with E-state index in [0.717, 1.165) is 32.1 Å². The number of benzene rings is 3. The van der Waals surface area contributed by atoms with E-state index < -0.39 is 24.0 Å². The van der Waals surface area contributed by atoms with E-state index in [9.17, 15) is 29.1 Å². The average molecular weight is 846 g/mol. The van der Waals surface area contributed by atoms with Gasteiger partial charge in [-0.15, -0.1) is 0 Å². The number of amides is 5. The molecule has 2 aliphatic heterocycles. The highest BCUT2D eigenvalue weighted by molar-refractivity contribution is 5.99. The zero-order valence-electron chi connectivity index (χ0n) is 36.5. The van der Waals surface area contributed by atoms with Gasteiger partial charge in [0.1, 0.15) is 0 Å². The second-order valence-corrected chi connectivity index (χ2v) is 18.3. The van der Waals surface area contributed by atoms with Gasteiger partial charge in [-0.1, -0.05) is 138 Å². The summed E-state index contributed by atoms with van der Waals surface area (Å²) in [6, 6.07) is 26.0. The first-order chi connectivity index (χ1) is 30.2. The summed E-state index contributed by atoms with van der Waals surface area (Å²) in [5.74, 6) is -2.09. The lowest BCUT2D eigenvalue weighted by Gasteiger charge is -2.18. The summed E-state index contributed by atoms with van der Waals surface area (Å²) in [6.07, 6.45) is 15.9. The number of unbranched alkanes of at least 4 members (excludes halogenated alkanes) is 11. The summed E-state index contributed by atoms with van der Waals surface area (Å²) in [5, 5.41) is 20.1. The molecule has 62 heavy (non-hydrogen) atoms. The minimum atomic E-state index is -0.871. The van der Waals surface area contributed by atoms with Gasteiger partial charge in [-0.05, 0) is 54.7 Å². The van der Waals surface area contributed by atoms with Crippen LogP contribution in [-0.2, 0) is 14.4 Å². The molecule has 2 saturated heterocycles. The van der Waals surface area contributed by atoms with Gasteiger partial charge in [0, 0.05) is 67.6 Å². The van der Waals surface area contributed by atoms with Gasteiger partial charge in [0.2, 0.25) is 17.7 Å². The van der Waals surface area contributed by atoms with Crippen molar-refractivity contribution in [3.05, 3.63) is 107 Å². The Hall–Kier alpha value is -5.03. The minimum absolute atomic E-state index is 0.0123. The molecule has 5 amide bonds. The zero-order chi connectivity index (χ0) is 43.4. The van der Waals surface area contributed by atoms with Crippen molar-refractivity contribution in [2.24, 2.45) is 11.8 Å². The van der Waals surface area contributed by atoms with Crippen molar-refractivity contribution in [1.29, 1.82) is 0 Å². The fraction of sp³-hybridized carbons (Fsp3) is 0.549. The molecule has 2 heterocycles. The number of carbonyl (C=O) groups excluding carboxylic acids is 5. The standard InChI is InChI=1S/C51H67N5O6/c1-2-3-4-5-6-7-8-9-10-11-12-19-24-47(58)52-45-33-56(34-46(45)57)51(62)38-27-25-37(26-28-38)50(61)55-31-41(48(59)53-43-29-39(43)35-20-15-13-16-21-35)42(32-55)49(60)54-44-30-40(44)36-22-17-14-18-23-36/h13-18,20-23,25-28,39-46,57H,2-12,19,24,29-34H2,1H3,(H,52,58)(H,53,59)(H,54,60)/t39-,40-,41-,42-,43+,44+,45-,46-/m1/s1. The SMILES string of the molecule is CCCCCCCCCCCCCCC(=O)N[C@@H]1CN(C(=O)c2ccc(C(=O)N3C[C@@H](C(=O)N[C@H]4C[C@@H]4c4ccccc4)[C@H](C(=O)N[C@H]4C[C@@H]4c4ccccc4)C3)cc2)C[C@H]1O. The maximum atomic E-state index is 13.9. The number of nitrogens with zero attached hydrogens (tertiary/aromatic N) is 2. The third kappa shape index (κ3) is 12.1. The van der Waals surface area contributed by atoms with E-state index in [-0.39, 0.29) is 79.6 Å². The van der Waals surface area contributed by atoms with E-state index in [1.807, 2.05) is 36.4 Å². The molecule has 11 nitrogen and oxygen atoms in total. The average Bonchev–Trinajstić information content (AvgIpc) is 4.16. The van der Waals surface area contributed by atoms with Crippen LogP contribution in [0.3, 0.4) is 0 Å². The van der Waals surface area contributed by atoms with Crippen LogP contribution in [0.4, 0.5) is 0 Å². The summed E-state index contributed by atoms with van der Waals surface area (Å²) in [6.45, 7) is 2.76. The second kappa shape index (κ2) is 21.9. The molecule has 4 N–H and O–H groups in total. The van der Waals surface area contributed by atoms with Crippen molar-refractivity contribution in [1.82, 2.24) is 25.8 Å². The number of β-amino-alcohol motifs (C(OH)–C–C–N with tert-alkyl or cyclic N) is 1. The summed E-state index contributed by atoms with van der Waals surface area (Å²) in [7, 11) is 0. The first-order valence-corrected chi connectivity index (χ1v) is 23.6. The number of hydrogen-bond donors (Lipinski definition) is 4. The van der Waals surface area contributed by atoms with Crippen LogP contribution in [-0.4, -0.2) is 94.9 Å². The summed E-state index contributed by atoms with van der Waals surface area (Å²) >= 11 is 0. The molecule has 332 valence electrons. The molecule has 2 saturated carbocycles. The van der Waals surface area contributed by atoms with Crippen molar-refractivity contribution >= 4 is 29.5 Å². The van der Waals surface area contributed by atoms with Gasteiger partial charge in [-0.3, -0.25) is 24.0 Å². The third-order valence-electron chi connectivity index (χ3n) is 13.5. The van der Waals surface area contributed by atoms with E-state index in [1.165, 1.54) is 73.8 Å². The first kappa shape index (κ1) is 45.0. The molecule has 2 aliphatic carbocycles. The van der Waals surface area contributed by atoms with E-state index in [0.29, 0.717) is 17.5 Å². The number of rotatable bonds is 22. The fourth-order valence-corrected chi connectivity index (χ4v) is 9.55. The van der Waals surface area contributed by atoms with Crippen molar-refractivity contribution in [2.75, 3.05) is 26.2 Å². The Morgan fingerprint density at radius 3 is 1.39 bits per heavy atom. The molecule has 0 unspecified atom stereocenters. The molecule has 0 spiro atoms. The molecule has 0 radical (unpaired) electrons. The van der Waals surface area contributed by atoms with Crippen molar-refractivity contribution < 1.29 is 29.1 Å². The fourth-order valence-electron chi connectivity index (χ4n) is 9.55. The van der Waals surface area contributed by atoms with E-state index in [1.54, 1.807) is 29.2 Å². The molecular formula is C51H67N5O6. The second-order valence-electron chi connectivity index (χ2n) is 18.3. The summed E-state index contributed by atoms with van der Waals surface area (Å²) < 4.78 is 0. The lowest BCUT2D eigenvalue weighted by molar-refractivity contribution is -0.133. The van der Waals surface area contributed by atoms with E-state index in [4.69, 9.17) is 0 Å². The van der Waals surface area contributed by atoms with Crippen molar-refractivity contribution in [3.63, 3.8) is 0 Å². The third-order valence-corrected chi connectivity index (χ3v) is 13.5. The van der Waals surface area contributed by atoms with Gasteiger partial charge in [0.25, 0.3) is 11.8 Å². The van der Waals surface area contributed by atoms with Crippen LogP contribution in [0.25, 0.3) is 0 Å². The number of aliphatic hydroxyl groups is 1. The maximum Gasteiger partial charge on any atom is 0.254 e. The maximum absolute atomic E-state index is 13.9. The largest absolute Gasteiger partial charge is 0.389 e. The molecule has 0 aromatic heterocycles. The molecule has 0 bridgehead atoms. The Balaban J connectivity index is 0.875. The quantitative estimate of drug-likeness (QED) is 0.0793. The van der Waals surface area contributed by atoms with E-state index >= 15 is 0 Å². The van der Waals surface area contributed by atoms with Gasteiger partial charge >= 0.3 is 0 Å². The lowest BCUT2D eigenvalue weighted by atomic mass is 9.94. The highest BCUT2D eigenvalue weighted by Gasteiger charge is 2.49. The Morgan fingerprint density at radius 2 is 0.935 bits per heavy atom. The van der Waals surface area contributed by atoms with Crippen molar-refractivity contribution in [3.8, 4) is 0 Å². The highest BCUT2D eigenvalue weighted by atomic mass is 16.3. The normalized spacial score (nSPS) is 25.0. The summed E-state index contributed by atoms with van der Waals surface area (Å²) in [5.41, 5.74) is 3.06. The molecule has 8 atom stereocenters. The monoisotopic (exact) mass is 846 g/mol. The molecule has 11 heteroatoms. The van der Waals surface area contributed by atoms with Crippen LogP contribution in [0.15, 0.2) is 84.9 Å². The van der Waals surface area contributed by atoms with Gasteiger partial charge < -0.3 is 30.9 Å². The topological polar surface area (TPSA) is 148 Å². The highest BCUT2D eigenvalue weighted by Crippen LogP contribution is 2.42. The van der Waals surface area contributed by atoms with Crippen LogP contribution in [0.1, 0.15) is 147 Å². The number of nitrogens with one attached hydrogen (secondary N) is 3. The molecular weight excluding hydrogens is 779 g/mol. The van der Waals surface area contributed by atoms with Crippen molar-refractivity contribution in [2.45, 2.75) is 139 Å². The van der Waals surface area contributed by atoms with Gasteiger partial charge in [-0.25, -0.2) is 0 Å². The smallest absolute Gasteiger partial charge is 0.254 e. The van der Waals surface area contributed by atoms with Crippen LogP contribution in [0.2, 0.25) is 0 Å². The lowest BCUT2D eigenvalue weighted by Crippen LogP contribution is -2.43. The Bertz CT molecular complexity index is 1880. The van der Waals surface area contributed by atoms with Crippen LogP contribution < -0.4 is 16.0 Å². The predicted molar refractivity (Wildman–Crippen MR) is 240 cm³/mol. The number of carbonyl (C=O) groups is 5. The molecule has 3 aromatic rings. The van der Waals surface area contributed by atoms with Crippen LogP contribution in [0.5, 0.6) is 0 Å². The molecule has 7 rings (SSSR count). The number of aliphatic hydroxyl groups excluding tert-OH is 1. The zero-order valence-corrected chi connectivity index (χ0v) is 36.5. The Morgan fingerprint density at radius 1 is 0.516 bits per heavy atom. The Kier molecular flexibility index (Phi) is 15.9. The molecule has 3 aromatic carbocycles. The van der Waals surface area contributed by atoms with Crippen LogP contribution >= 0.6 is 0 Å². The van der Waals surface area contributed by atoms with Crippen LogP contribution in [0, 0.1) is 11.8 Å². The molecule has 4 aliphatic rings.